The summed E-state index contributed by atoms with van der Waals surface area (Å²) in [5.41, 5.74) is 2.16. The number of anilines is 1. The van der Waals surface area contributed by atoms with Crippen LogP contribution in [0.15, 0.2) is 22.7 Å². The fraction of sp³-hybridized carbons (Fsp3) is 0.562. The molecule has 1 aromatic rings. The van der Waals surface area contributed by atoms with Crippen LogP contribution in [-0.2, 0) is 4.79 Å². The lowest BCUT2D eigenvalue weighted by molar-refractivity contribution is -0.119. The van der Waals surface area contributed by atoms with Crippen LogP contribution in [0.25, 0.3) is 0 Å². The van der Waals surface area contributed by atoms with Crippen molar-refractivity contribution in [1.82, 2.24) is 5.32 Å². The first-order valence-electron chi connectivity index (χ1n) is 7.42. The summed E-state index contributed by atoms with van der Waals surface area (Å²) in [6.07, 6.45) is 6.51. The Balaban J connectivity index is 1.71. The third-order valence-electron chi connectivity index (χ3n) is 3.88. The van der Waals surface area contributed by atoms with Gasteiger partial charge in [0.15, 0.2) is 0 Å². The summed E-state index contributed by atoms with van der Waals surface area (Å²) in [6, 6.07) is 6.07. The molecule has 4 heteroatoms. The van der Waals surface area contributed by atoms with Crippen LogP contribution in [0.3, 0.4) is 0 Å². The van der Waals surface area contributed by atoms with Crippen LogP contribution in [-0.4, -0.2) is 19.0 Å². The van der Waals surface area contributed by atoms with Crippen LogP contribution in [0.5, 0.6) is 0 Å². The molecule has 1 amide bonds. The van der Waals surface area contributed by atoms with E-state index in [0.717, 1.165) is 16.7 Å². The van der Waals surface area contributed by atoms with Crippen molar-refractivity contribution in [2.45, 2.75) is 39.0 Å². The first-order valence-corrected chi connectivity index (χ1v) is 8.21. The van der Waals surface area contributed by atoms with E-state index in [1.165, 1.54) is 37.7 Å². The van der Waals surface area contributed by atoms with E-state index >= 15 is 0 Å². The number of amides is 1. The van der Waals surface area contributed by atoms with E-state index in [4.69, 9.17) is 0 Å². The zero-order valence-corrected chi connectivity index (χ0v) is 13.6. The van der Waals surface area contributed by atoms with Crippen LogP contribution in [0.2, 0.25) is 0 Å². The number of carbonyl (C=O) groups excluding carboxylic acids is 1. The molecule has 0 spiro atoms. The Morgan fingerprint density at radius 2 is 2.05 bits per heavy atom. The van der Waals surface area contributed by atoms with Gasteiger partial charge in [-0.3, -0.25) is 4.79 Å². The molecule has 0 atom stereocenters. The number of hydrogen-bond donors (Lipinski definition) is 2. The summed E-state index contributed by atoms with van der Waals surface area (Å²) in [6.45, 7) is 3.20. The highest BCUT2D eigenvalue weighted by Gasteiger charge is 2.14. The first-order chi connectivity index (χ1) is 9.65. The maximum atomic E-state index is 11.8. The van der Waals surface area contributed by atoms with Crippen LogP contribution in [0.1, 0.15) is 37.7 Å². The van der Waals surface area contributed by atoms with E-state index in [1.54, 1.807) is 0 Å². The molecule has 1 fully saturated rings. The Morgan fingerprint density at radius 1 is 1.30 bits per heavy atom. The summed E-state index contributed by atoms with van der Waals surface area (Å²) in [7, 11) is 0. The monoisotopic (exact) mass is 338 g/mol. The van der Waals surface area contributed by atoms with E-state index in [-0.39, 0.29) is 5.91 Å². The van der Waals surface area contributed by atoms with Crippen molar-refractivity contribution in [2.24, 2.45) is 5.92 Å². The highest BCUT2D eigenvalue weighted by atomic mass is 79.9. The molecule has 0 saturated heterocycles. The number of halogens is 1. The second kappa shape index (κ2) is 7.67. The molecule has 3 nitrogen and oxygen atoms in total. The minimum absolute atomic E-state index is 0.0723. The fourth-order valence-electron chi connectivity index (χ4n) is 2.65. The van der Waals surface area contributed by atoms with E-state index in [1.807, 2.05) is 25.1 Å². The van der Waals surface area contributed by atoms with Gasteiger partial charge in [-0.25, -0.2) is 0 Å². The minimum atomic E-state index is 0.0723. The standard InChI is InChI=1S/C16H23BrN2O/c1-12-7-8-15(14(17)9-12)18-11-16(20)19-10-13-5-3-2-4-6-13/h7-9,13,18H,2-6,10-11H2,1H3,(H,19,20). The first kappa shape index (κ1) is 15.4. The Morgan fingerprint density at radius 3 is 2.75 bits per heavy atom. The molecule has 0 unspecified atom stereocenters. The van der Waals surface area contributed by atoms with Gasteiger partial charge < -0.3 is 10.6 Å². The average molecular weight is 339 g/mol. The summed E-state index contributed by atoms with van der Waals surface area (Å²) >= 11 is 3.50. The highest BCUT2D eigenvalue weighted by molar-refractivity contribution is 9.10. The van der Waals surface area contributed by atoms with Gasteiger partial charge in [-0.2, -0.15) is 0 Å². The molecule has 2 N–H and O–H groups in total. The van der Waals surface area contributed by atoms with Gasteiger partial charge in [0.1, 0.15) is 0 Å². The Labute approximate surface area is 129 Å². The lowest BCUT2D eigenvalue weighted by Crippen LogP contribution is -2.34. The number of carbonyl (C=O) groups is 1. The van der Waals surface area contributed by atoms with Gasteiger partial charge in [0, 0.05) is 16.7 Å². The smallest absolute Gasteiger partial charge is 0.239 e. The fourth-order valence-corrected chi connectivity index (χ4v) is 3.28. The lowest BCUT2D eigenvalue weighted by atomic mass is 9.89. The maximum Gasteiger partial charge on any atom is 0.239 e. The van der Waals surface area contributed by atoms with E-state index < -0.39 is 0 Å². The van der Waals surface area contributed by atoms with Gasteiger partial charge in [-0.05, 0) is 59.3 Å². The van der Waals surface area contributed by atoms with Crippen molar-refractivity contribution in [3.8, 4) is 0 Å². The van der Waals surface area contributed by atoms with Crippen molar-refractivity contribution < 1.29 is 4.79 Å². The van der Waals surface area contributed by atoms with Crippen LogP contribution in [0.4, 0.5) is 5.69 Å². The third kappa shape index (κ3) is 4.82. The Kier molecular flexibility index (Phi) is 5.89. The molecular weight excluding hydrogens is 316 g/mol. The SMILES string of the molecule is Cc1ccc(NCC(=O)NCC2CCCCC2)c(Br)c1. The molecule has 1 aromatic carbocycles. The summed E-state index contributed by atoms with van der Waals surface area (Å²) in [5, 5.41) is 6.21. The van der Waals surface area contributed by atoms with E-state index in [2.05, 4.69) is 26.6 Å². The zero-order chi connectivity index (χ0) is 14.4. The number of hydrogen-bond acceptors (Lipinski definition) is 2. The molecule has 1 aliphatic carbocycles. The number of benzene rings is 1. The van der Waals surface area contributed by atoms with Crippen LogP contribution in [0, 0.1) is 12.8 Å². The summed E-state index contributed by atoms with van der Waals surface area (Å²) in [5.74, 6) is 0.752. The molecule has 0 radical (unpaired) electrons. The molecule has 1 aliphatic rings. The Hall–Kier alpha value is -1.03. The van der Waals surface area contributed by atoms with Crippen molar-refractivity contribution in [2.75, 3.05) is 18.4 Å². The second-order valence-electron chi connectivity index (χ2n) is 5.64. The molecule has 2 rings (SSSR count). The molecule has 0 aromatic heterocycles. The van der Waals surface area contributed by atoms with Gasteiger partial charge in [-0.15, -0.1) is 0 Å². The molecule has 1 saturated carbocycles. The van der Waals surface area contributed by atoms with Crippen LogP contribution >= 0.6 is 15.9 Å². The van der Waals surface area contributed by atoms with Gasteiger partial charge in [0.05, 0.1) is 6.54 Å². The minimum Gasteiger partial charge on any atom is -0.375 e. The normalized spacial score (nSPS) is 15.9. The predicted molar refractivity (Wildman–Crippen MR) is 87.0 cm³/mol. The van der Waals surface area contributed by atoms with Gasteiger partial charge in [0.2, 0.25) is 5.91 Å². The van der Waals surface area contributed by atoms with Crippen LogP contribution < -0.4 is 10.6 Å². The highest BCUT2D eigenvalue weighted by Crippen LogP contribution is 2.23. The predicted octanol–water partition coefficient (Wildman–Crippen LogP) is 3.87. The van der Waals surface area contributed by atoms with Crippen molar-refractivity contribution in [1.29, 1.82) is 0 Å². The van der Waals surface area contributed by atoms with E-state index in [9.17, 15) is 4.79 Å². The lowest BCUT2D eigenvalue weighted by Gasteiger charge is -2.21. The summed E-state index contributed by atoms with van der Waals surface area (Å²) < 4.78 is 0.998. The quantitative estimate of drug-likeness (QED) is 0.855. The van der Waals surface area contributed by atoms with Gasteiger partial charge in [0.25, 0.3) is 0 Å². The number of aryl methyl sites for hydroxylation is 1. The van der Waals surface area contributed by atoms with Crippen molar-refractivity contribution in [3.05, 3.63) is 28.2 Å². The molecule has 110 valence electrons. The summed E-state index contributed by atoms with van der Waals surface area (Å²) in [4.78, 5) is 11.8. The zero-order valence-electron chi connectivity index (χ0n) is 12.0. The van der Waals surface area contributed by atoms with E-state index in [0.29, 0.717) is 12.5 Å². The molecule has 0 aliphatic heterocycles. The topological polar surface area (TPSA) is 41.1 Å². The maximum absolute atomic E-state index is 11.8. The van der Waals surface area contributed by atoms with Gasteiger partial charge >= 0.3 is 0 Å². The second-order valence-corrected chi connectivity index (χ2v) is 6.50. The average Bonchev–Trinajstić information content (AvgIpc) is 2.45. The largest absolute Gasteiger partial charge is 0.375 e. The molecule has 0 heterocycles. The molecule has 20 heavy (non-hydrogen) atoms. The van der Waals surface area contributed by atoms with Gasteiger partial charge in [-0.1, -0.05) is 25.3 Å². The molecular formula is C16H23BrN2O. The number of nitrogens with one attached hydrogen (secondary N) is 2. The molecule has 0 bridgehead atoms. The van der Waals surface area contributed by atoms with Crippen molar-refractivity contribution in [3.63, 3.8) is 0 Å². The van der Waals surface area contributed by atoms with Crippen molar-refractivity contribution >= 4 is 27.5 Å². The third-order valence-corrected chi connectivity index (χ3v) is 4.53. The Bertz CT molecular complexity index is 456. The number of rotatable bonds is 5.